The van der Waals surface area contributed by atoms with E-state index < -0.39 is 0 Å². The summed E-state index contributed by atoms with van der Waals surface area (Å²) in [7, 11) is 1.89. The van der Waals surface area contributed by atoms with Gasteiger partial charge in [0, 0.05) is 24.5 Å². The van der Waals surface area contributed by atoms with E-state index in [1.807, 2.05) is 37.4 Å². The van der Waals surface area contributed by atoms with Gasteiger partial charge in [0.15, 0.2) is 0 Å². The molecule has 2 rings (SSSR count). The Labute approximate surface area is 131 Å². The molecule has 1 aromatic carbocycles. The molecule has 1 amide bonds. The van der Waals surface area contributed by atoms with Gasteiger partial charge in [0.1, 0.15) is 11.3 Å². The summed E-state index contributed by atoms with van der Waals surface area (Å²) in [6.07, 6.45) is 3.97. The van der Waals surface area contributed by atoms with E-state index in [-0.39, 0.29) is 5.91 Å². The predicted molar refractivity (Wildman–Crippen MR) is 88.0 cm³/mol. The standard InChI is InChI=1S/C17H23N3O2/c1-18-10-4-9-16(21)19-12-5-13-22-15-8-2-6-14-7-3-11-20-17(14)15/h2-3,6-8,11,18H,4-5,9-10,12-13H2,1H3,(H,19,21). The first-order chi connectivity index (χ1) is 10.8. The van der Waals surface area contributed by atoms with Gasteiger partial charge in [-0.1, -0.05) is 18.2 Å². The highest BCUT2D eigenvalue weighted by atomic mass is 16.5. The fourth-order valence-corrected chi connectivity index (χ4v) is 2.19. The molecule has 0 saturated carbocycles. The van der Waals surface area contributed by atoms with Crippen LogP contribution in [0.2, 0.25) is 0 Å². The molecule has 22 heavy (non-hydrogen) atoms. The molecular formula is C17H23N3O2. The number of rotatable bonds is 9. The second-order valence-electron chi connectivity index (χ2n) is 5.09. The second-order valence-corrected chi connectivity index (χ2v) is 5.09. The molecule has 0 unspecified atom stereocenters. The maximum atomic E-state index is 11.5. The number of ether oxygens (including phenoxy) is 1. The summed E-state index contributed by atoms with van der Waals surface area (Å²) in [4.78, 5) is 15.9. The predicted octanol–water partition coefficient (Wildman–Crippen LogP) is 2.12. The molecule has 0 fully saturated rings. The van der Waals surface area contributed by atoms with Gasteiger partial charge in [-0.25, -0.2) is 0 Å². The molecule has 5 heteroatoms. The van der Waals surface area contributed by atoms with Gasteiger partial charge in [0.25, 0.3) is 0 Å². The summed E-state index contributed by atoms with van der Waals surface area (Å²) in [5.74, 6) is 0.889. The van der Waals surface area contributed by atoms with E-state index >= 15 is 0 Å². The number of pyridine rings is 1. The first kappa shape index (κ1) is 16.2. The van der Waals surface area contributed by atoms with Crippen LogP contribution in [0.3, 0.4) is 0 Å². The summed E-state index contributed by atoms with van der Waals surface area (Å²) in [6.45, 7) is 2.06. The van der Waals surface area contributed by atoms with E-state index in [0.29, 0.717) is 19.6 Å². The summed E-state index contributed by atoms with van der Waals surface area (Å²) in [5, 5.41) is 7.00. The van der Waals surface area contributed by atoms with Crippen molar-refractivity contribution in [3.05, 3.63) is 36.5 Å². The topological polar surface area (TPSA) is 63.2 Å². The van der Waals surface area contributed by atoms with Crippen molar-refractivity contribution in [1.82, 2.24) is 15.6 Å². The van der Waals surface area contributed by atoms with Gasteiger partial charge in [-0.05, 0) is 38.6 Å². The van der Waals surface area contributed by atoms with Gasteiger partial charge in [-0.15, -0.1) is 0 Å². The van der Waals surface area contributed by atoms with Gasteiger partial charge in [0.2, 0.25) is 5.91 Å². The number of aromatic nitrogens is 1. The number of carbonyl (C=O) groups excluding carboxylic acids is 1. The highest BCUT2D eigenvalue weighted by molar-refractivity contribution is 5.84. The van der Waals surface area contributed by atoms with E-state index in [1.165, 1.54) is 0 Å². The number of hydrogen-bond donors (Lipinski definition) is 2. The molecule has 2 N–H and O–H groups in total. The van der Waals surface area contributed by atoms with Crippen LogP contribution in [-0.2, 0) is 4.79 Å². The van der Waals surface area contributed by atoms with Crippen molar-refractivity contribution in [3.63, 3.8) is 0 Å². The number of benzene rings is 1. The lowest BCUT2D eigenvalue weighted by molar-refractivity contribution is -0.121. The fraction of sp³-hybridized carbons (Fsp3) is 0.412. The molecule has 118 valence electrons. The van der Waals surface area contributed by atoms with Crippen molar-refractivity contribution in [2.75, 3.05) is 26.7 Å². The quantitative estimate of drug-likeness (QED) is 0.696. The molecule has 2 aromatic rings. The largest absolute Gasteiger partial charge is 0.491 e. The Balaban J connectivity index is 1.69. The summed E-state index contributed by atoms with van der Waals surface area (Å²) in [5.41, 5.74) is 0.876. The minimum atomic E-state index is 0.0991. The van der Waals surface area contributed by atoms with Crippen molar-refractivity contribution >= 4 is 16.8 Å². The molecule has 0 saturated heterocycles. The maximum Gasteiger partial charge on any atom is 0.220 e. The van der Waals surface area contributed by atoms with Crippen LogP contribution in [-0.4, -0.2) is 37.6 Å². The normalized spacial score (nSPS) is 10.6. The molecule has 0 radical (unpaired) electrons. The third kappa shape index (κ3) is 5.00. The Bertz CT molecular complexity index is 596. The number of carbonyl (C=O) groups is 1. The van der Waals surface area contributed by atoms with Crippen molar-refractivity contribution < 1.29 is 9.53 Å². The molecule has 0 bridgehead atoms. The molecule has 0 aliphatic carbocycles. The van der Waals surface area contributed by atoms with Gasteiger partial charge >= 0.3 is 0 Å². The van der Waals surface area contributed by atoms with Crippen LogP contribution >= 0.6 is 0 Å². The van der Waals surface area contributed by atoms with Gasteiger partial charge in [-0.2, -0.15) is 0 Å². The molecular weight excluding hydrogens is 278 g/mol. The number of amides is 1. The Morgan fingerprint density at radius 2 is 2.05 bits per heavy atom. The third-order valence-electron chi connectivity index (χ3n) is 3.33. The lowest BCUT2D eigenvalue weighted by atomic mass is 10.2. The smallest absolute Gasteiger partial charge is 0.220 e. The molecule has 1 heterocycles. The maximum absolute atomic E-state index is 11.5. The minimum absolute atomic E-state index is 0.0991. The third-order valence-corrected chi connectivity index (χ3v) is 3.33. The molecule has 5 nitrogen and oxygen atoms in total. The Morgan fingerprint density at radius 3 is 2.91 bits per heavy atom. The highest BCUT2D eigenvalue weighted by Crippen LogP contribution is 2.22. The van der Waals surface area contributed by atoms with Crippen LogP contribution in [0, 0.1) is 0 Å². The summed E-state index contributed by atoms with van der Waals surface area (Å²) < 4.78 is 5.78. The number of para-hydroxylation sites is 1. The molecule has 0 aliphatic heterocycles. The van der Waals surface area contributed by atoms with Crippen molar-refractivity contribution in [1.29, 1.82) is 0 Å². The van der Waals surface area contributed by atoms with Crippen LogP contribution in [0.1, 0.15) is 19.3 Å². The van der Waals surface area contributed by atoms with Crippen LogP contribution in [0.4, 0.5) is 0 Å². The number of nitrogens with one attached hydrogen (secondary N) is 2. The van der Waals surface area contributed by atoms with E-state index in [1.54, 1.807) is 6.20 Å². The average Bonchev–Trinajstić information content (AvgIpc) is 2.55. The number of nitrogens with zero attached hydrogens (tertiary/aromatic N) is 1. The van der Waals surface area contributed by atoms with Crippen molar-refractivity contribution in [2.24, 2.45) is 0 Å². The van der Waals surface area contributed by atoms with Gasteiger partial charge < -0.3 is 15.4 Å². The minimum Gasteiger partial charge on any atom is -0.491 e. The van der Waals surface area contributed by atoms with Gasteiger partial charge in [-0.3, -0.25) is 9.78 Å². The monoisotopic (exact) mass is 301 g/mol. The Kier molecular flexibility index (Phi) is 6.64. The van der Waals surface area contributed by atoms with E-state index in [0.717, 1.165) is 36.0 Å². The Hall–Kier alpha value is -2.14. The zero-order valence-electron chi connectivity index (χ0n) is 13.0. The molecule has 0 atom stereocenters. The average molecular weight is 301 g/mol. The SMILES string of the molecule is CNCCCC(=O)NCCCOc1cccc2cccnc12. The van der Waals surface area contributed by atoms with Gasteiger partial charge in [0.05, 0.1) is 6.61 Å². The van der Waals surface area contributed by atoms with Crippen LogP contribution < -0.4 is 15.4 Å². The van der Waals surface area contributed by atoms with Crippen molar-refractivity contribution in [3.8, 4) is 5.75 Å². The van der Waals surface area contributed by atoms with Crippen LogP contribution in [0.25, 0.3) is 10.9 Å². The van der Waals surface area contributed by atoms with Crippen LogP contribution in [0.15, 0.2) is 36.5 Å². The highest BCUT2D eigenvalue weighted by Gasteiger charge is 2.03. The zero-order chi connectivity index (χ0) is 15.6. The number of hydrogen-bond acceptors (Lipinski definition) is 4. The first-order valence-electron chi connectivity index (χ1n) is 7.69. The number of fused-ring (bicyclic) bond motifs is 1. The summed E-state index contributed by atoms with van der Waals surface area (Å²) >= 11 is 0. The van der Waals surface area contributed by atoms with E-state index in [9.17, 15) is 4.79 Å². The second kappa shape index (κ2) is 9.00. The fourth-order valence-electron chi connectivity index (χ4n) is 2.19. The summed E-state index contributed by atoms with van der Waals surface area (Å²) in [6, 6.07) is 9.82. The van der Waals surface area contributed by atoms with Crippen LogP contribution in [0.5, 0.6) is 5.75 Å². The molecule has 0 aliphatic rings. The first-order valence-corrected chi connectivity index (χ1v) is 7.69. The van der Waals surface area contributed by atoms with Crippen molar-refractivity contribution in [2.45, 2.75) is 19.3 Å². The van der Waals surface area contributed by atoms with E-state index in [2.05, 4.69) is 15.6 Å². The molecule has 1 aromatic heterocycles. The zero-order valence-corrected chi connectivity index (χ0v) is 13.0. The Morgan fingerprint density at radius 1 is 1.18 bits per heavy atom. The van der Waals surface area contributed by atoms with E-state index in [4.69, 9.17) is 4.74 Å². The lowest BCUT2D eigenvalue weighted by Crippen LogP contribution is -2.26. The lowest BCUT2D eigenvalue weighted by Gasteiger charge is -2.09. The molecule has 0 spiro atoms.